The molecular weight excluding hydrogens is 256 g/mol. The van der Waals surface area contributed by atoms with Crippen LogP contribution in [0.5, 0.6) is 0 Å². The Balaban J connectivity index is 2.20. The van der Waals surface area contributed by atoms with E-state index in [9.17, 15) is 14.7 Å². The molecule has 1 fully saturated rings. The molecule has 0 saturated carbocycles. The monoisotopic (exact) mass is 276 g/mol. The van der Waals surface area contributed by atoms with Crippen molar-refractivity contribution in [3.05, 3.63) is 35.9 Å². The SMILES string of the molecule is CC1CCCN(C(=O)[C@@H](N)c2ccccc2)C1C(=O)O. The summed E-state index contributed by atoms with van der Waals surface area (Å²) >= 11 is 0. The van der Waals surface area contributed by atoms with Gasteiger partial charge in [-0.3, -0.25) is 4.79 Å². The summed E-state index contributed by atoms with van der Waals surface area (Å²) in [5.74, 6) is -1.31. The van der Waals surface area contributed by atoms with Gasteiger partial charge in [-0.2, -0.15) is 0 Å². The lowest BCUT2D eigenvalue weighted by Crippen LogP contribution is -2.54. The van der Waals surface area contributed by atoms with Crippen molar-refractivity contribution in [3.8, 4) is 0 Å². The van der Waals surface area contributed by atoms with Crippen molar-refractivity contribution in [1.29, 1.82) is 0 Å². The predicted octanol–water partition coefficient (Wildman–Crippen LogP) is 1.40. The van der Waals surface area contributed by atoms with E-state index in [0.29, 0.717) is 12.1 Å². The maximum atomic E-state index is 12.5. The molecule has 2 rings (SSSR count). The minimum absolute atomic E-state index is 0.0480. The zero-order chi connectivity index (χ0) is 14.7. The molecular formula is C15H20N2O3. The van der Waals surface area contributed by atoms with Crippen LogP contribution in [0.3, 0.4) is 0 Å². The number of nitrogens with two attached hydrogens (primary N) is 1. The largest absolute Gasteiger partial charge is 0.480 e. The van der Waals surface area contributed by atoms with Crippen LogP contribution >= 0.6 is 0 Å². The van der Waals surface area contributed by atoms with Gasteiger partial charge >= 0.3 is 5.97 Å². The summed E-state index contributed by atoms with van der Waals surface area (Å²) in [7, 11) is 0. The fourth-order valence-electron chi connectivity index (χ4n) is 2.79. The topological polar surface area (TPSA) is 83.6 Å². The number of rotatable bonds is 3. The smallest absolute Gasteiger partial charge is 0.326 e. The highest BCUT2D eigenvalue weighted by molar-refractivity contribution is 5.88. The quantitative estimate of drug-likeness (QED) is 0.874. The molecule has 2 unspecified atom stereocenters. The average molecular weight is 276 g/mol. The molecule has 1 amide bonds. The van der Waals surface area contributed by atoms with E-state index < -0.39 is 18.1 Å². The summed E-state index contributed by atoms with van der Waals surface area (Å²) in [6.45, 7) is 2.33. The number of carboxylic acids is 1. The van der Waals surface area contributed by atoms with Crippen LogP contribution in [0, 0.1) is 5.92 Å². The Hall–Kier alpha value is -1.88. The van der Waals surface area contributed by atoms with E-state index >= 15 is 0 Å². The molecule has 1 aliphatic heterocycles. The second-order valence-electron chi connectivity index (χ2n) is 5.32. The van der Waals surface area contributed by atoms with E-state index in [4.69, 9.17) is 5.73 Å². The Morgan fingerprint density at radius 3 is 2.60 bits per heavy atom. The summed E-state index contributed by atoms with van der Waals surface area (Å²) in [5.41, 5.74) is 6.70. The molecule has 1 saturated heterocycles. The molecule has 0 spiro atoms. The lowest BCUT2D eigenvalue weighted by atomic mass is 9.90. The first-order chi connectivity index (χ1) is 9.52. The summed E-state index contributed by atoms with van der Waals surface area (Å²) < 4.78 is 0. The minimum atomic E-state index is -0.953. The number of hydrogen-bond donors (Lipinski definition) is 2. The number of carbonyl (C=O) groups is 2. The van der Waals surface area contributed by atoms with Crippen molar-refractivity contribution in [2.75, 3.05) is 6.54 Å². The maximum Gasteiger partial charge on any atom is 0.326 e. The summed E-state index contributed by atoms with van der Waals surface area (Å²) in [6.07, 6.45) is 1.64. The first-order valence-corrected chi connectivity index (χ1v) is 6.86. The van der Waals surface area contributed by atoms with E-state index in [1.807, 2.05) is 25.1 Å². The summed E-state index contributed by atoms with van der Waals surface area (Å²) in [6, 6.07) is 7.47. The number of amides is 1. The summed E-state index contributed by atoms with van der Waals surface area (Å²) in [4.78, 5) is 25.3. The Kier molecular flexibility index (Phi) is 4.39. The van der Waals surface area contributed by atoms with Crippen molar-refractivity contribution in [1.82, 2.24) is 4.90 Å². The molecule has 5 heteroatoms. The third-order valence-corrected chi connectivity index (χ3v) is 3.89. The Labute approximate surface area is 118 Å². The Bertz CT molecular complexity index is 489. The van der Waals surface area contributed by atoms with Crippen LogP contribution in [-0.4, -0.2) is 34.5 Å². The van der Waals surface area contributed by atoms with Gasteiger partial charge in [0.2, 0.25) is 5.91 Å². The average Bonchev–Trinajstić information content (AvgIpc) is 2.46. The number of likely N-dealkylation sites (tertiary alicyclic amines) is 1. The zero-order valence-electron chi connectivity index (χ0n) is 11.5. The van der Waals surface area contributed by atoms with Gasteiger partial charge in [0.05, 0.1) is 0 Å². The normalized spacial score (nSPS) is 24.2. The molecule has 3 N–H and O–H groups in total. The highest BCUT2D eigenvalue weighted by Crippen LogP contribution is 2.26. The second kappa shape index (κ2) is 6.05. The van der Waals surface area contributed by atoms with Gasteiger partial charge in [0.1, 0.15) is 12.1 Å². The number of carbonyl (C=O) groups excluding carboxylic acids is 1. The van der Waals surface area contributed by atoms with Gasteiger partial charge in [0.25, 0.3) is 0 Å². The van der Waals surface area contributed by atoms with Crippen LogP contribution in [0.15, 0.2) is 30.3 Å². The van der Waals surface area contributed by atoms with Gasteiger partial charge in [0, 0.05) is 6.54 Å². The number of aliphatic carboxylic acids is 1. The number of piperidine rings is 1. The van der Waals surface area contributed by atoms with Crippen molar-refractivity contribution in [3.63, 3.8) is 0 Å². The first-order valence-electron chi connectivity index (χ1n) is 6.86. The minimum Gasteiger partial charge on any atom is -0.480 e. The molecule has 1 aromatic rings. The van der Waals surface area contributed by atoms with Crippen molar-refractivity contribution in [2.45, 2.75) is 31.8 Å². The Morgan fingerprint density at radius 2 is 2.00 bits per heavy atom. The van der Waals surface area contributed by atoms with E-state index in [2.05, 4.69) is 0 Å². The predicted molar refractivity (Wildman–Crippen MR) is 74.9 cm³/mol. The third-order valence-electron chi connectivity index (χ3n) is 3.89. The number of benzene rings is 1. The lowest BCUT2D eigenvalue weighted by molar-refractivity contribution is -0.155. The standard InChI is InChI=1S/C15H20N2O3/c1-10-6-5-9-17(13(10)15(19)20)14(18)12(16)11-7-3-2-4-8-11/h2-4,7-8,10,12-13H,5-6,9,16H2,1H3,(H,19,20)/t10?,12-,13?/m0/s1. The van der Waals surface area contributed by atoms with Crippen LogP contribution < -0.4 is 5.73 Å². The molecule has 0 aliphatic carbocycles. The molecule has 0 bridgehead atoms. The second-order valence-corrected chi connectivity index (χ2v) is 5.32. The molecule has 1 heterocycles. The van der Waals surface area contributed by atoms with Crippen LogP contribution in [-0.2, 0) is 9.59 Å². The van der Waals surface area contributed by atoms with E-state index in [-0.39, 0.29) is 11.8 Å². The molecule has 1 aliphatic rings. The molecule has 5 nitrogen and oxygen atoms in total. The van der Waals surface area contributed by atoms with Crippen LogP contribution in [0.25, 0.3) is 0 Å². The molecule has 1 aromatic carbocycles. The first kappa shape index (κ1) is 14.5. The van der Waals surface area contributed by atoms with Crippen molar-refractivity contribution < 1.29 is 14.7 Å². The van der Waals surface area contributed by atoms with Gasteiger partial charge < -0.3 is 15.7 Å². The molecule has 3 atom stereocenters. The van der Waals surface area contributed by atoms with Crippen LogP contribution in [0.4, 0.5) is 0 Å². The molecule has 0 aromatic heterocycles. The van der Waals surface area contributed by atoms with E-state index in [0.717, 1.165) is 12.8 Å². The van der Waals surface area contributed by atoms with Gasteiger partial charge in [-0.1, -0.05) is 37.3 Å². The number of hydrogen-bond acceptors (Lipinski definition) is 3. The number of carboxylic acid groups (broad SMARTS) is 1. The fraction of sp³-hybridized carbons (Fsp3) is 0.467. The van der Waals surface area contributed by atoms with Crippen molar-refractivity contribution in [2.24, 2.45) is 11.7 Å². The van der Waals surface area contributed by atoms with Crippen LogP contribution in [0.1, 0.15) is 31.4 Å². The third kappa shape index (κ3) is 2.82. The fourth-order valence-corrected chi connectivity index (χ4v) is 2.79. The Morgan fingerprint density at radius 1 is 1.35 bits per heavy atom. The van der Waals surface area contributed by atoms with E-state index in [1.165, 1.54) is 4.90 Å². The van der Waals surface area contributed by atoms with Gasteiger partial charge in [0.15, 0.2) is 0 Å². The van der Waals surface area contributed by atoms with Gasteiger partial charge in [-0.05, 0) is 24.3 Å². The van der Waals surface area contributed by atoms with Crippen LogP contribution in [0.2, 0.25) is 0 Å². The van der Waals surface area contributed by atoms with Gasteiger partial charge in [-0.25, -0.2) is 4.79 Å². The number of nitrogens with zero attached hydrogens (tertiary/aromatic N) is 1. The zero-order valence-corrected chi connectivity index (χ0v) is 11.5. The van der Waals surface area contributed by atoms with Gasteiger partial charge in [-0.15, -0.1) is 0 Å². The van der Waals surface area contributed by atoms with E-state index in [1.54, 1.807) is 12.1 Å². The molecule has 0 radical (unpaired) electrons. The maximum absolute atomic E-state index is 12.5. The highest BCUT2D eigenvalue weighted by atomic mass is 16.4. The molecule has 20 heavy (non-hydrogen) atoms. The summed E-state index contributed by atoms with van der Waals surface area (Å²) in [5, 5.41) is 9.35. The molecule has 108 valence electrons. The lowest BCUT2D eigenvalue weighted by Gasteiger charge is -2.38. The van der Waals surface area contributed by atoms with Crippen molar-refractivity contribution >= 4 is 11.9 Å². The highest BCUT2D eigenvalue weighted by Gasteiger charge is 2.38.